The van der Waals surface area contributed by atoms with Crippen LogP contribution in [0.1, 0.15) is 25.0 Å². The van der Waals surface area contributed by atoms with Gasteiger partial charge >= 0.3 is 0 Å². The summed E-state index contributed by atoms with van der Waals surface area (Å²) in [4.78, 5) is 22.1. The molecule has 0 radical (unpaired) electrons. The van der Waals surface area contributed by atoms with Crippen LogP contribution in [0.3, 0.4) is 0 Å². The number of aromatic nitrogens is 2. The van der Waals surface area contributed by atoms with Crippen molar-refractivity contribution in [2.75, 3.05) is 24.0 Å². The van der Waals surface area contributed by atoms with Crippen LogP contribution >= 0.6 is 34.7 Å². The predicted molar refractivity (Wildman–Crippen MR) is 97.4 cm³/mol. The minimum atomic E-state index is -0.604. The lowest BCUT2D eigenvalue weighted by Gasteiger charge is -2.14. The second-order valence-electron chi connectivity index (χ2n) is 4.99. The fourth-order valence-corrected chi connectivity index (χ4v) is 3.57. The molecule has 2 rings (SSSR count). The highest BCUT2D eigenvalue weighted by atomic mass is 35.5. The highest BCUT2D eigenvalue weighted by Crippen LogP contribution is 2.37. The molecule has 5 nitrogen and oxygen atoms in total. The summed E-state index contributed by atoms with van der Waals surface area (Å²) in [6.45, 7) is 1.68. The van der Waals surface area contributed by atoms with Gasteiger partial charge in [-0.1, -0.05) is 22.9 Å². The Morgan fingerprint density at radius 2 is 2.26 bits per heavy atom. The van der Waals surface area contributed by atoms with Gasteiger partial charge in [0.1, 0.15) is 10.0 Å². The summed E-state index contributed by atoms with van der Waals surface area (Å²) < 4.78 is 0. The lowest BCUT2D eigenvalue weighted by Crippen LogP contribution is -2.25. The van der Waals surface area contributed by atoms with Gasteiger partial charge in [0.25, 0.3) is 0 Å². The van der Waals surface area contributed by atoms with Gasteiger partial charge in [-0.05, 0) is 24.8 Å². The first-order valence-corrected chi connectivity index (χ1v) is 9.58. The number of carbonyl (C=O) groups is 1. The van der Waals surface area contributed by atoms with Gasteiger partial charge in [-0.25, -0.2) is 4.98 Å². The Morgan fingerprint density at radius 1 is 1.52 bits per heavy atom. The average Bonchev–Trinajstić information content (AvgIpc) is 2.93. The predicted octanol–water partition coefficient (Wildman–Crippen LogP) is 3.63. The second kappa shape index (κ2) is 8.10. The molecule has 0 bridgehead atoms. The quantitative estimate of drug-likeness (QED) is 0.839. The van der Waals surface area contributed by atoms with Crippen molar-refractivity contribution < 1.29 is 9.90 Å². The number of nitrogens with zero attached hydrogens (tertiary/aromatic N) is 3. The van der Waals surface area contributed by atoms with Crippen molar-refractivity contribution in [2.24, 2.45) is 0 Å². The Balaban J connectivity index is 2.27. The summed E-state index contributed by atoms with van der Waals surface area (Å²) >= 11 is 9.17. The largest absolute Gasteiger partial charge is 0.389 e. The van der Waals surface area contributed by atoms with Crippen LogP contribution in [0, 0.1) is 0 Å². The van der Waals surface area contributed by atoms with E-state index in [0.717, 1.165) is 11.3 Å². The van der Waals surface area contributed by atoms with Crippen molar-refractivity contribution in [2.45, 2.75) is 19.4 Å². The molecule has 0 aliphatic carbocycles. The minimum Gasteiger partial charge on any atom is -0.389 e. The van der Waals surface area contributed by atoms with E-state index in [1.807, 2.05) is 12.3 Å². The standard InChI is InChI=1S/C15H18ClN3O2S2/c1-9(20)10-6-11(8-17-7-10)14-18-13(16)15(23-14)19(2)12(21)4-5-22-3/h6-9,20H,4-5H2,1-3H3. The van der Waals surface area contributed by atoms with Crippen LogP contribution in [0.15, 0.2) is 18.5 Å². The topological polar surface area (TPSA) is 66.3 Å². The van der Waals surface area contributed by atoms with E-state index < -0.39 is 6.10 Å². The van der Waals surface area contributed by atoms with Crippen LogP contribution in [-0.2, 0) is 4.79 Å². The number of hydrogen-bond donors (Lipinski definition) is 1. The Hall–Kier alpha value is -1.15. The molecular weight excluding hydrogens is 354 g/mol. The van der Waals surface area contributed by atoms with Crippen molar-refractivity contribution in [3.63, 3.8) is 0 Å². The number of thioether (sulfide) groups is 1. The third-order valence-corrected chi connectivity index (χ3v) is 5.43. The van der Waals surface area contributed by atoms with E-state index in [1.165, 1.54) is 11.3 Å². The third-order valence-electron chi connectivity index (χ3n) is 3.26. The van der Waals surface area contributed by atoms with Gasteiger partial charge < -0.3 is 10.0 Å². The number of amides is 1. The van der Waals surface area contributed by atoms with Crippen LogP contribution in [0.25, 0.3) is 10.6 Å². The number of aliphatic hydroxyl groups excluding tert-OH is 1. The summed E-state index contributed by atoms with van der Waals surface area (Å²) in [7, 11) is 1.70. The molecule has 0 saturated heterocycles. The SMILES string of the molecule is CSCCC(=O)N(C)c1sc(-c2cncc(C(C)O)c2)nc1Cl. The highest BCUT2D eigenvalue weighted by Gasteiger charge is 2.19. The van der Waals surface area contributed by atoms with E-state index >= 15 is 0 Å². The monoisotopic (exact) mass is 371 g/mol. The van der Waals surface area contributed by atoms with Crippen molar-refractivity contribution in [1.29, 1.82) is 0 Å². The summed E-state index contributed by atoms with van der Waals surface area (Å²) in [6, 6.07) is 1.83. The van der Waals surface area contributed by atoms with E-state index in [4.69, 9.17) is 11.6 Å². The fourth-order valence-electron chi connectivity index (χ4n) is 1.90. The summed E-state index contributed by atoms with van der Waals surface area (Å²) in [5.41, 5.74) is 1.48. The Kier molecular flexibility index (Phi) is 6.41. The van der Waals surface area contributed by atoms with Crippen LogP contribution < -0.4 is 4.90 Å². The zero-order chi connectivity index (χ0) is 17.0. The van der Waals surface area contributed by atoms with Crippen LogP contribution in [-0.4, -0.2) is 40.0 Å². The Morgan fingerprint density at radius 3 is 2.91 bits per heavy atom. The molecule has 0 aliphatic heterocycles. The van der Waals surface area contributed by atoms with Crippen molar-refractivity contribution in [3.8, 4) is 10.6 Å². The molecule has 2 heterocycles. The molecule has 1 atom stereocenters. The first-order chi connectivity index (χ1) is 10.9. The number of halogens is 1. The molecule has 1 amide bonds. The van der Waals surface area contributed by atoms with E-state index in [0.29, 0.717) is 27.1 Å². The maximum atomic E-state index is 12.1. The van der Waals surface area contributed by atoms with Gasteiger partial charge in [-0.2, -0.15) is 11.8 Å². The maximum absolute atomic E-state index is 12.1. The molecule has 2 aromatic rings. The molecule has 0 aromatic carbocycles. The number of thiazole rings is 1. The molecule has 1 N–H and O–H groups in total. The average molecular weight is 372 g/mol. The van der Waals surface area contributed by atoms with Crippen LogP contribution in [0.4, 0.5) is 5.00 Å². The van der Waals surface area contributed by atoms with Crippen LogP contribution in [0.5, 0.6) is 0 Å². The number of aliphatic hydroxyl groups is 1. The summed E-state index contributed by atoms with van der Waals surface area (Å²) in [6.07, 6.45) is 5.10. The van der Waals surface area contributed by atoms with E-state index in [9.17, 15) is 9.90 Å². The number of hydrogen-bond acceptors (Lipinski definition) is 6. The number of rotatable bonds is 6. The number of carbonyl (C=O) groups excluding carboxylic acids is 1. The minimum absolute atomic E-state index is 0.00676. The van der Waals surface area contributed by atoms with Gasteiger partial charge in [-0.15, -0.1) is 0 Å². The fraction of sp³-hybridized carbons (Fsp3) is 0.400. The van der Waals surface area contributed by atoms with E-state index in [-0.39, 0.29) is 5.91 Å². The molecule has 0 saturated carbocycles. The molecule has 0 aliphatic rings. The van der Waals surface area contributed by atoms with Gasteiger partial charge in [0.2, 0.25) is 5.91 Å². The molecule has 2 aromatic heterocycles. The number of anilines is 1. The molecule has 0 spiro atoms. The zero-order valence-electron chi connectivity index (χ0n) is 13.1. The van der Waals surface area contributed by atoms with Gasteiger partial charge in [0.15, 0.2) is 5.15 Å². The Labute approximate surface area is 148 Å². The van der Waals surface area contributed by atoms with Gasteiger partial charge in [-0.3, -0.25) is 9.78 Å². The highest BCUT2D eigenvalue weighted by molar-refractivity contribution is 7.98. The molecule has 23 heavy (non-hydrogen) atoms. The Bertz CT molecular complexity index is 691. The molecule has 8 heteroatoms. The third kappa shape index (κ3) is 4.44. The zero-order valence-corrected chi connectivity index (χ0v) is 15.5. The number of pyridine rings is 1. The van der Waals surface area contributed by atoms with Crippen molar-refractivity contribution in [3.05, 3.63) is 29.2 Å². The molecule has 124 valence electrons. The van der Waals surface area contributed by atoms with Crippen molar-refractivity contribution in [1.82, 2.24) is 9.97 Å². The summed E-state index contributed by atoms with van der Waals surface area (Å²) in [5.74, 6) is 0.777. The maximum Gasteiger partial charge on any atom is 0.228 e. The smallest absolute Gasteiger partial charge is 0.228 e. The summed E-state index contributed by atoms with van der Waals surface area (Å²) in [5, 5.41) is 11.3. The molecule has 1 unspecified atom stereocenters. The second-order valence-corrected chi connectivity index (χ2v) is 7.31. The van der Waals surface area contributed by atoms with Gasteiger partial charge in [0.05, 0.1) is 6.10 Å². The molecule has 0 fully saturated rings. The van der Waals surface area contributed by atoms with Crippen molar-refractivity contribution >= 4 is 45.6 Å². The lowest BCUT2D eigenvalue weighted by molar-refractivity contribution is -0.117. The first kappa shape index (κ1) is 18.2. The van der Waals surface area contributed by atoms with Crippen LogP contribution in [0.2, 0.25) is 5.15 Å². The first-order valence-electron chi connectivity index (χ1n) is 6.99. The van der Waals surface area contributed by atoms with E-state index in [1.54, 1.807) is 43.0 Å². The normalized spacial score (nSPS) is 12.2. The van der Waals surface area contributed by atoms with E-state index in [2.05, 4.69) is 9.97 Å². The lowest BCUT2D eigenvalue weighted by atomic mass is 10.1. The molecular formula is C15H18ClN3O2S2. The van der Waals surface area contributed by atoms with Gasteiger partial charge in [0, 0.05) is 37.2 Å².